The van der Waals surface area contributed by atoms with Gasteiger partial charge in [-0.05, 0) is 6.42 Å². The number of unbranched alkanes of at least 4 members (excludes halogenated alkanes) is 5. The van der Waals surface area contributed by atoms with Crippen molar-refractivity contribution in [2.75, 3.05) is 12.4 Å². The fraction of sp³-hybridized carbons (Fsp3) is 0.909. The summed E-state index contributed by atoms with van der Waals surface area (Å²) in [4.78, 5) is 10.9. The highest BCUT2D eigenvalue weighted by atomic mass is 32.1. The van der Waals surface area contributed by atoms with Gasteiger partial charge in [-0.25, -0.2) is 0 Å². The zero-order valence-corrected chi connectivity index (χ0v) is 10.0. The van der Waals surface area contributed by atoms with Crippen molar-refractivity contribution in [1.29, 1.82) is 0 Å². The molecule has 0 fully saturated rings. The van der Waals surface area contributed by atoms with Crippen molar-refractivity contribution < 1.29 is 9.53 Å². The van der Waals surface area contributed by atoms with E-state index in [0.717, 1.165) is 6.42 Å². The lowest BCUT2D eigenvalue weighted by molar-refractivity contribution is -0.143. The highest BCUT2D eigenvalue weighted by Crippen LogP contribution is 2.05. The first kappa shape index (κ1) is 13.8. The standard InChI is InChI=1S/C11H22O2S/c1-2-3-4-5-6-7-9-13-11(12)8-10-14/h14H,2-10H2,1H3. The molecule has 0 rings (SSSR count). The molecule has 0 radical (unpaired) electrons. The molecule has 0 aromatic heterocycles. The zero-order valence-electron chi connectivity index (χ0n) is 9.13. The lowest BCUT2D eigenvalue weighted by Crippen LogP contribution is -2.06. The minimum absolute atomic E-state index is 0.117. The summed E-state index contributed by atoms with van der Waals surface area (Å²) in [6, 6.07) is 0. The van der Waals surface area contributed by atoms with Gasteiger partial charge in [-0.15, -0.1) is 0 Å². The van der Waals surface area contributed by atoms with Crippen LogP contribution in [0.25, 0.3) is 0 Å². The fourth-order valence-corrected chi connectivity index (χ4v) is 1.41. The van der Waals surface area contributed by atoms with E-state index in [-0.39, 0.29) is 5.97 Å². The molecule has 84 valence electrons. The molecular weight excluding hydrogens is 196 g/mol. The van der Waals surface area contributed by atoms with Gasteiger partial charge in [0.25, 0.3) is 0 Å². The first-order valence-electron chi connectivity index (χ1n) is 5.57. The summed E-state index contributed by atoms with van der Waals surface area (Å²) in [5.74, 6) is 0.462. The summed E-state index contributed by atoms with van der Waals surface area (Å²) in [6.45, 7) is 2.79. The van der Waals surface area contributed by atoms with E-state index in [1.807, 2.05) is 0 Å². The van der Waals surface area contributed by atoms with E-state index in [1.54, 1.807) is 0 Å². The number of carbonyl (C=O) groups excluding carboxylic acids is 1. The van der Waals surface area contributed by atoms with E-state index in [4.69, 9.17) is 4.74 Å². The number of carbonyl (C=O) groups is 1. The van der Waals surface area contributed by atoms with Gasteiger partial charge in [0.05, 0.1) is 13.0 Å². The van der Waals surface area contributed by atoms with Gasteiger partial charge in [0.1, 0.15) is 0 Å². The summed E-state index contributed by atoms with van der Waals surface area (Å²) < 4.78 is 5.00. The third kappa shape index (κ3) is 9.90. The Hall–Kier alpha value is -0.180. The van der Waals surface area contributed by atoms with Crippen LogP contribution in [0, 0.1) is 0 Å². The van der Waals surface area contributed by atoms with Crippen molar-refractivity contribution in [2.24, 2.45) is 0 Å². The molecule has 3 heteroatoms. The molecule has 0 heterocycles. The molecule has 0 aromatic rings. The number of hydrogen-bond acceptors (Lipinski definition) is 3. The lowest BCUT2D eigenvalue weighted by Gasteiger charge is -2.03. The molecule has 0 amide bonds. The summed E-state index contributed by atoms with van der Waals surface area (Å²) in [5, 5.41) is 0. The summed E-state index contributed by atoms with van der Waals surface area (Å²) >= 11 is 3.96. The highest BCUT2D eigenvalue weighted by molar-refractivity contribution is 7.80. The van der Waals surface area contributed by atoms with Crippen molar-refractivity contribution >= 4 is 18.6 Å². The highest BCUT2D eigenvalue weighted by Gasteiger charge is 1.99. The molecule has 2 nitrogen and oxygen atoms in total. The Morgan fingerprint density at radius 1 is 1.14 bits per heavy atom. The molecule has 0 unspecified atom stereocenters. The molecule has 0 spiro atoms. The SMILES string of the molecule is CCCCCCCCOC(=O)CCS. The molecule has 0 saturated carbocycles. The maximum atomic E-state index is 10.9. The molecule has 14 heavy (non-hydrogen) atoms. The van der Waals surface area contributed by atoms with Gasteiger partial charge in [-0.3, -0.25) is 4.79 Å². The second-order valence-electron chi connectivity index (χ2n) is 3.46. The smallest absolute Gasteiger partial charge is 0.306 e. The monoisotopic (exact) mass is 218 g/mol. The summed E-state index contributed by atoms with van der Waals surface area (Å²) in [7, 11) is 0. The largest absolute Gasteiger partial charge is 0.466 e. The van der Waals surface area contributed by atoms with E-state index in [0.29, 0.717) is 18.8 Å². The quantitative estimate of drug-likeness (QED) is 0.365. The first-order valence-corrected chi connectivity index (χ1v) is 6.21. The average Bonchev–Trinajstić information content (AvgIpc) is 2.17. The van der Waals surface area contributed by atoms with Crippen LogP contribution in [0.5, 0.6) is 0 Å². The second-order valence-corrected chi connectivity index (χ2v) is 3.91. The van der Waals surface area contributed by atoms with Crippen LogP contribution in [0.1, 0.15) is 51.9 Å². The molecule has 0 bridgehead atoms. The minimum Gasteiger partial charge on any atom is -0.466 e. The molecule has 0 aliphatic heterocycles. The molecule has 0 aliphatic carbocycles. The van der Waals surface area contributed by atoms with Gasteiger partial charge in [-0.1, -0.05) is 39.0 Å². The minimum atomic E-state index is -0.117. The maximum absolute atomic E-state index is 10.9. The average molecular weight is 218 g/mol. The zero-order chi connectivity index (χ0) is 10.6. The van der Waals surface area contributed by atoms with Gasteiger partial charge >= 0.3 is 5.97 Å². The number of rotatable bonds is 9. The van der Waals surface area contributed by atoms with Crippen LogP contribution in [0.4, 0.5) is 0 Å². The molecule has 0 aromatic carbocycles. The number of ether oxygens (including phenoxy) is 1. The topological polar surface area (TPSA) is 26.3 Å². The van der Waals surface area contributed by atoms with Gasteiger partial charge < -0.3 is 4.74 Å². The summed E-state index contributed by atoms with van der Waals surface area (Å²) in [6.07, 6.45) is 7.77. The van der Waals surface area contributed by atoms with Crippen LogP contribution in [-0.4, -0.2) is 18.3 Å². The van der Waals surface area contributed by atoms with Crippen LogP contribution in [0.15, 0.2) is 0 Å². The Bertz CT molecular complexity index is 137. The normalized spacial score (nSPS) is 10.1. The molecule has 0 saturated heterocycles. The Balaban J connectivity index is 3.01. The van der Waals surface area contributed by atoms with E-state index in [2.05, 4.69) is 19.6 Å². The number of hydrogen-bond donors (Lipinski definition) is 1. The van der Waals surface area contributed by atoms with E-state index in [9.17, 15) is 4.79 Å². The van der Waals surface area contributed by atoms with E-state index in [1.165, 1.54) is 32.1 Å². The molecule has 0 aliphatic rings. The van der Waals surface area contributed by atoms with Crippen LogP contribution >= 0.6 is 12.6 Å². The van der Waals surface area contributed by atoms with Crippen molar-refractivity contribution in [3.63, 3.8) is 0 Å². The van der Waals surface area contributed by atoms with Gasteiger partial charge in [0.2, 0.25) is 0 Å². The molecular formula is C11H22O2S. The van der Waals surface area contributed by atoms with Crippen molar-refractivity contribution in [1.82, 2.24) is 0 Å². The Morgan fingerprint density at radius 3 is 2.43 bits per heavy atom. The van der Waals surface area contributed by atoms with Crippen LogP contribution in [0.3, 0.4) is 0 Å². The van der Waals surface area contributed by atoms with E-state index < -0.39 is 0 Å². The van der Waals surface area contributed by atoms with Crippen LogP contribution in [-0.2, 0) is 9.53 Å². The third-order valence-corrected chi connectivity index (χ3v) is 2.30. The Kier molecular flexibility index (Phi) is 10.8. The maximum Gasteiger partial charge on any atom is 0.306 e. The van der Waals surface area contributed by atoms with Crippen molar-refractivity contribution in [3.05, 3.63) is 0 Å². The first-order chi connectivity index (χ1) is 6.81. The predicted molar refractivity (Wildman–Crippen MR) is 62.8 cm³/mol. The number of esters is 1. The Labute approximate surface area is 92.8 Å². The van der Waals surface area contributed by atoms with Gasteiger partial charge in [0, 0.05) is 5.75 Å². The van der Waals surface area contributed by atoms with Crippen molar-refractivity contribution in [2.45, 2.75) is 51.9 Å². The van der Waals surface area contributed by atoms with Gasteiger partial charge in [0.15, 0.2) is 0 Å². The van der Waals surface area contributed by atoms with Crippen molar-refractivity contribution in [3.8, 4) is 0 Å². The molecule has 0 atom stereocenters. The Morgan fingerprint density at radius 2 is 1.79 bits per heavy atom. The second kappa shape index (κ2) is 10.9. The molecule has 0 N–H and O–H groups in total. The van der Waals surface area contributed by atoms with Gasteiger partial charge in [-0.2, -0.15) is 12.6 Å². The lowest BCUT2D eigenvalue weighted by atomic mass is 10.1. The third-order valence-electron chi connectivity index (χ3n) is 2.08. The fourth-order valence-electron chi connectivity index (χ4n) is 1.23. The predicted octanol–water partition coefficient (Wildman–Crippen LogP) is 3.21. The summed E-state index contributed by atoms with van der Waals surface area (Å²) in [5.41, 5.74) is 0. The van der Waals surface area contributed by atoms with Crippen LogP contribution in [0.2, 0.25) is 0 Å². The van der Waals surface area contributed by atoms with Crippen LogP contribution < -0.4 is 0 Å². The van der Waals surface area contributed by atoms with E-state index >= 15 is 0 Å². The number of thiol groups is 1.